The maximum atomic E-state index is 12.7. The van der Waals surface area contributed by atoms with Crippen molar-refractivity contribution in [3.63, 3.8) is 0 Å². The molecule has 13 nitrogen and oxygen atoms in total. The monoisotopic (exact) mass is 623 g/mol. The normalized spacial score (nSPS) is 20.8. The molecule has 37 heavy (non-hydrogen) atoms. The van der Waals surface area contributed by atoms with E-state index in [0.29, 0.717) is 14.7 Å². The summed E-state index contributed by atoms with van der Waals surface area (Å²) in [7, 11) is 0. The summed E-state index contributed by atoms with van der Waals surface area (Å²) in [4.78, 5) is 48.7. The van der Waals surface area contributed by atoms with Crippen LogP contribution in [0.5, 0.6) is 0 Å². The van der Waals surface area contributed by atoms with Gasteiger partial charge in [0.05, 0.1) is 16.1 Å². The number of esters is 1. The first kappa shape index (κ1) is 26.6. The van der Waals surface area contributed by atoms with Crippen LogP contribution in [0.2, 0.25) is 0 Å². The lowest BCUT2D eigenvalue weighted by atomic mass is 10.1. The van der Waals surface area contributed by atoms with Gasteiger partial charge in [-0.3, -0.25) is 24.6 Å². The molecular formula is C23H22IN5O8. The summed E-state index contributed by atoms with van der Waals surface area (Å²) in [5, 5.41) is 23.3. The molecule has 3 N–H and O–H groups in total. The number of hydrogen-bond donors (Lipinski definition) is 3. The predicted octanol–water partition coefficient (Wildman–Crippen LogP) is 1.14. The van der Waals surface area contributed by atoms with Gasteiger partial charge in [0.2, 0.25) is 0 Å². The van der Waals surface area contributed by atoms with Gasteiger partial charge in [0, 0.05) is 42.1 Å². The minimum absolute atomic E-state index is 0.0117. The van der Waals surface area contributed by atoms with Crippen molar-refractivity contribution in [3.8, 4) is 0 Å². The van der Waals surface area contributed by atoms with E-state index in [4.69, 9.17) is 14.2 Å². The molecule has 4 heterocycles. The molecule has 1 aliphatic heterocycles. The minimum Gasteiger partial charge on any atom is -0.461 e. The Balaban J connectivity index is 1.36. The molecule has 1 fully saturated rings. The molecule has 1 saturated heterocycles. The zero-order chi connectivity index (χ0) is 26.4. The fourth-order valence-corrected chi connectivity index (χ4v) is 4.03. The van der Waals surface area contributed by atoms with E-state index in [9.17, 15) is 24.6 Å². The lowest BCUT2D eigenvalue weighted by Gasteiger charge is -2.18. The molecule has 0 radical (unpaired) electrons. The van der Waals surface area contributed by atoms with Crippen molar-refractivity contribution in [2.24, 2.45) is 0 Å². The molecule has 194 valence electrons. The van der Waals surface area contributed by atoms with Gasteiger partial charge in [-0.15, -0.1) is 0 Å². The Morgan fingerprint density at radius 2 is 1.70 bits per heavy atom. The van der Waals surface area contributed by atoms with E-state index >= 15 is 0 Å². The van der Waals surface area contributed by atoms with Gasteiger partial charge in [-0.05, 0) is 34.7 Å². The average molecular weight is 623 g/mol. The molecule has 4 atom stereocenters. The highest BCUT2D eigenvalue weighted by molar-refractivity contribution is 14.1. The van der Waals surface area contributed by atoms with Crippen molar-refractivity contribution >= 4 is 40.5 Å². The Morgan fingerprint density at radius 3 is 2.32 bits per heavy atom. The van der Waals surface area contributed by atoms with Gasteiger partial charge in [0.25, 0.3) is 0 Å². The topological polar surface area (TPSA) is 175 Å². The Kier molecular flexibility index (Phi) is 8.75. The SMILES string of the molecule is O=C(C[C@H]1O[C@@H](n2cc(I)c(NC(=O)OCc3cccnc3)nc2=O)[C@H](O)[C@@H]1O)OCc1cccnc1. The fraction of sp³-hybridized carbons (Fsp3) is 0.304. The molecule has 3 aromatic rings. The van der Waals surface area contributed by atoms with E-state index < -0.39 is 42.3 Å². The Hall–Kier alpha value is -3.47. The summed E-state index contributed by atoms with van der Waals surface area (Å²) in [5.41, 5.74) is 0.500. The van der Waals surface area contributed by atoms with E-state index in [1.54, 1.807) is 49.1 Å². The zero-order valence-electron chi connectivity index (χ0n) is 19.1. The lowest BCUT2D eigenvalue weighted by Crippen LogP contribution is -2.36. The first-order chi connectivity index (χ1) is 17.8. The number of pyridine rings is 2. The molecular weight excluding hydrogens is 601 g/mol. The van der Waals surface area contributed by atoms with E-state index in [2.05, 4.69) is 20.3 Å². The fourth-order valence-electron chi connectivity index (χ4n) is 3.48. The van der Waals surface area contributed by atoms with Gasteiger partial charge in [-0.25, -0.2) is 9.59 Å². The van der Waals surface area contributed by atoms with Crippen LogP contribution in [0.3, 0.4) is 0 Å². The van der Waals surface area contributed by atoms with Gasteiger partial charge in [0.1, 0.15) is 25.4 Å². The molecule has 0 spiro atoms. The third kappa shape index (κ3) is 6.85. The van der Waals surface area contributed by atoms with Gasteiger partial charge < -0.3 is 24.4 Å². The van der Waals surface area contributed by atoms with Crippen LogP contribution in [0.15, 0.2) is 60.0 Å². The summed E-state index contributed by atoms with van der Waals surface area (Å²) in [6, 6.07) is 6.87. The maximum Gasteiger partial charge on any atom is 0.413 e. The lowest BCUT2D eigenvalue weighted by molar-refractivity contribution is -0.149. The van der Waals surface area contributed by atoms with Crippen LogP contribution < -0.4 is 11.0 Å². The molecule has 1 aliphatic rings. The van der Waals surface area contributed by atoms with E-state index in [1.165, 1.54) is 6.20 Å². The third-order valence-corrected chi connectivity index (χ3v) is 6.11. The summed E-state index contributed by atoms with van der Waals surface area (Å²) in [5.74, 6) is -0.716. The van der Waals surface area contributed by atoms with Crippen LogP contribution in [0.1, 0.15) is 23.8 Å². The largest absolute Gasteiger partial charge is 0.461 e. The number of ether oxygens (including phenoxy) is 3. The van der Waals surface area contributed by atoms with Gasteiger partial charge in [-0.2, -0.15) is 4.98 Å². The van der Waals surface area contributed by atoms with Crippen LogP contribution in [0, 0.1) is 3.57 Å². The highest BCUT2D eigenvalue weighted by atomic mass is 127. The summed E-state index contributed by atoms with van der Waals surface area (Å²) >= 11 is 1.84. The number of halogens is 1. The summed E-state index contributed by atoms with van der Waals surface area (Å²) < 4.78 is 17.2. The van der Waals surface area contributed by atoms with Crippen molar-refractivity contribution in [1.82, 2.24) is 19.5 Å². The van der Waals surface area contributed by atoms with Crippen molar-refractivity contribution in [2.75, 3.05) is 5.32 Å². The highest BCUT2D eigenvalue weighted by Gasteiger charge is 2.45. The number of nitrogens with one attached hydrogen (secondary N) is 1. The van der Waals surface area contributed by atoms with E-state index in [1.807, 2.05) is 22.6 Å². The first-order valence-corrected chi connectivity index (χ1v) is 12.1. The summed E-state index contributed by atoms with van der Waals surface area (Å²) in [6.07, 6.45) is 0.988. The number of carbonyl (C=O) groups excluding carboxylic acids is 2. The van der Waals surface area contributed by atoms with Crippen LogP contribution >= 0.6 is 22.6 Å². The summed E-state index contributed by atoms with van der Waals surface area (Å²) in [6.45, 7) is -0.0401. The average Bonchev–Trinajstić information content (AvgIpc) is 3.17. The maximum absolute atomic E-state index is 12.7. The number of hydrogen-bond acceptors (Lipinski definition) is 11. The Bertz CT molecular complexity index is 1290. The predicted molar refractivity (Wildman–Crippen MR) is 134 cm³/mol. The number of amides is 1. The number of nitrogens with zero attached hydrogens (tertiary/aromatic N) is 4. The molecule has 1 amide bonds. The van der Waals surface area contributed by atoms with Crippen molar-refractivity contribution in [1.29, 1.82) is 0 Å². The quantitative estimate of drug-likeness (QED) is 0.243. The van der Waals surface area contributed by atoms with Crippen LogP contribution in [0.25, 0.3) is 0 Å². The molecule has 3 aromatic heterocycles. The second-order valence-corrected chi connectivity index (χ2v) is 9.12. The first-order valence-electron chi connectivity index (χ1n) is 11.0. The Labute approximate surface area is 223 Å². The number of aromatic nitrogens is 4. The number of carbonyl (C=O) groups is 2. The minimum atomic E-state index is -1.52. The smallest absolute Gasteiger partial charge is 0.413 e. The standard InChI is InChI=1S/C23H22IN5O8/c24-15-10-29(22(33)27-20(15)28-23(34)36-12-14-4-2-6-26-9-14)21-19(32)18(31)16(37-21)7-17(30)35-11-13-3-1-5-25-8-13/h1-6,8-10,16,18-19,21,31-32H,7,11-12H2,(H,27,28,33,34)/t16-,18-,19-,21-/m1/s1. The van der Waals surface area contributed by atoms with E-state index in [0.717, 1.165) is 4.57 Å². The van der Waals surface area contributed by atoms with Crippen molar-refractivity contribution in [3.05, 3.63) is 80.4 Å². The van der Waals surface area contributed by atoms with Crippen LogP contribution in [0.4, 0.5) is 10.6 Å². The number of aliphatic hydroxyl groups excluding tert-OH is 2. The van der Waals surface area contributed by atoms with Crippen LogP contribution in [-0.2, 0) is 32.2 Å². The molecule has 0 bridgehead atoms. The molecule has 0 aromatic carbocycles. The highest BCUT2D eigenvalue weighted by Crippen LogP contribution is 2.31. The molecule has 14 heteroatoms. The zero-order valence-corrected chi connectivity index (χ0v) is 21.3. The van der Waals surface area contributed by atoms with Crippen LogP contribution in [-0.4, -0.2) is 60.1 Å². The molecule has 0 saturated carbocycles. The van der Waals surface area contributed by atoms with Gasteiger partial charge >= 0.3 is 17.8 Å². The Morgan fingerprint density at radius 1 is 1.05 bits per heavy atom. The van der Waals surface area contributed by atoms with E-state index in [-0.39, 0.29) is 25.5 Å². The molecule has 0 unspecified atom stereocenters. The van der Waals surface area contributed by atoms with Crippen molar-refractivity contribution in [2.45, 2.75) is 44.2 Å². The molecule has 4 rings (SSSR count). The molecule has 0 aliphatic carbocycles. The van der Waals surface area contributed by atoms with Gasteiger partial charge in [-0.1, -0.05) is 12.1 Å². The third-order valence-electron chi connectivity index (χ3n) is 5.32. The number of anilines is 1. The second-order valence-electron chi connectivity index (χ2n) is 7.96. The number of rotatable bonds is 8. The van der Waals surface area contributed by atoms with Crippen molar-refractivity contribution < 1.29 is 34.0 Å². The number of aliphatic hydroxyl groups is 2. The van der Waals surface area contributed by atoms with Gasteiger partial charge in [0.15, 0.2) is 12.0 Å². The second kappa shape index (κ2) is 12.2.